The van der Waals surface area contributed by atoms with Gasteiger partial charge < -0.3 is 15.4 Å². The van der Waals surface area contributed by atoms with Crippen molar-refractivity contribution in [2.45, 2.75) is 46.0 Å². The average Bonchev–Trinajstić information content (AvgIpc) is 3.19. The Morgan fingerprint density at radius 2 is 1.70 bits per heavy atom. The summed E-state index contributed by atoms with van der Waals surface area (Å²) in [6.07, 6.45) is -1.44. The van der Waals surface area contributed by atoms with E-state index in [1.165, 1.54) is 17.0 Å². The maximum atomic E-state index is 13.5. The number of carbonyl (C=O) groups excluding carboxylic acids is 3. The molecule has 1 saturated heterocycles. The van der Waals surface area contributed by atoms with Gasteiger partial charge in [0.25, 0.3) is 0 Å². The Kier molecular flexibility index (Phi) is 7.86. The van der Waals surface area contributed by atoms with E-state index in [0.29, 0.717) is 11.3 Å². The molecule has 4 rings (SSSR count). The molecule has 0 aliphatic carbocycles. The summed E-state index contributed by atoms with van der Waals surface area (Å²) in [5, 5.41) is 5.69. The van der Waals surface area contributed by atoms with Gasteiger partial charge in [0.15, 0.2) is 12.1 Å². The van der Waals surface area contributed by atoms with Crippen LogP contribution in [0.4, 0.5) is 14.9 Å². The summed E-state index contributed by atoms with van der Waals surface area (Å²) in [4.78, 5) is 39.9. The number of amides is 3. The molecule has 1 aliphatic heterocycles. The van der Waals surface area contributed by atoms with Gasteiger partial charge in [0.1, 0.15) is 5.82 Å². The van der Waals surface area contributed by atoms with Gasteiger partial charge in [-0.25, -0.2) is 9.18 Å². The monoisotopic (exact) mass is 503 g/mol. The van der Waals surface area contributed by atoms with Gasteiger partial charge in [-0.3, -0.25) is 14.5 Å². The number of hydrogen-bond donors (Lipinski definition) is 2. The number of benzene rings is 3. The second-order valence-electron chi connectivity index (χ2n) is 9.48. The van der Waals surface area contributed by atoms with E-state index in [4.69, 9.17) is 4.74 Å². The Morgan fingerprint density at radius 3 is 2.35 bits per heavy atom. The van der Waals surface area contributed by atoms with Crippen LogP contribution < -0.4 is 10.6 Å². The summed E-state index contributed by atoms with van der Waals surface area (Å²) < 4.78 is 19.0. The molecule has 0 radical (unpaired) electrons. The van der Waals surface area contributed by atoms with Crippen molar-refractivity contribution >= 4 is 23.6 Å². The summed E-state index contributed by atoms with van der Waals surface area (Å²) in [5.41, 5.74) is 3.89. The van der Waals surface area contributed by atoms with Crippen molar-refractivity contribution in [1.82, 2.24) is 10.2 Å². The number of nitrogens with zero attached hydrogens (tertiary/aromatic N) is 1. The first kappa shape index (κ1) is 25.9. The van der Waals surface area contributed by atoms with Crippen LogP contribution in [0, 0.1) is 18.7 Å². The van der Waals surface area contributed by atoms with Gasteiger partial charge in [-0.05, 0) is 47.9 Å². The van der Waals surface area contributed by atoms with Crippen LogP contribution in [0.5, 0.6) is 0 Å². The Morgan fingerprint density at radius 1 is 1.00 bits per heavy atom. The molecule has 1 aliphatic rings. The lowest BCUT2D eigenvalue weighted by Gasteiger charge is -2.24. The fourth-order valence-electron chi connectivity index (χ4n) is 4.16. The summed E-state index contributed by atoms with van der Waals surface area (Å²) in [6.45, 7) is 5.95. The highest BCUT2D eigenvalue weighted by molar-refractivity contribution is 5.92. The first-order valence-electron chi connectivity index (χ1n) is 12.2. The molecule has 3 aromatic carbocycles. The van der Waals surface area contributed by atoms with Crippen LogP contribution in [-0.2, 0) is 27.4 Å². The highest BCUT2D eigenvalue weighted by Crippen LogP contribution is 2.34. The van der Waals surface area contributed by atoms with E-state index in [1.54, 1.807) is 50.2 Å². The number of nitrogens with one attached hydrogen (secondary N) is 2. The number of halogens is 1. The number of anilines is 1. The van der Waals surface area contributed by atoms with Crippen molar-refractivity contribution in [1.29, 1.82) is 0 Å². The minimum absolute atomic E-state index is 0.109. The molecule has 3 amide bonds. The first-order chi connectivity index (χ1) is 17.7. The van der Waals surface area contributed by atoms with Crippen LogP contribution in [0.1, 0.15) is 42.2 Å². The van der Waals surface area contributed by atoms with Crippen molar-refractivity contribution in [3.8, 4) is 0 Å². The summed E-state index contributed by atoms with van der Waals surface area (Å²) >= 11 is 0. The van der Waals surface area contributed by atoms with Crippen LogP contribution in [0.3, 0.4) is 0 Å². The minimum atomic E-state index is -0.926. The molecule has 2 unspecified atom stereocenters. The summed E-state index contributed by atoms with van der Waals surface area (Å²) in [6, 6.07) is 19.6. The second-order valence-corrected chi connectivity index (χ2v) is 9.48. The van der Waals surface area contributed by atoms with E-state index in [2.05, 4.69) is 10.6 Å². The normalized spacial score (nSPS) is 17.0. The Labute approximate surface area is 215 Å². The van der Waals surface area contributed by atoms with Crippen molar-refractivity contribution in [2.75, 3.05) is 5.32 Å². The van der Waals surface area contributed by atoms with E-state index in [9.17, 15) is 18.8 Å². The molecule has 7 nitrogen and oxygen atoms in total. The third-order valence-corrected chi connectivity index (χ3v) is 6.20. The molecule has 0 aromatic heterocycles. The zero-order chi connectivity index (χ0) is 26.5. The van der Waals surface area contributed by atoms with Gasteiger partial charge in [0.05, 0.1) is 6.54 Å². The minimum Gasteiger partial charge on any atom is -0.438 e. The first-order valence-corrected chi connectivity index (χ1v) is 12.2. The third kappa shape index (κ3) is 6.33. The number of rotatable bonds is 8. The number of hydrogen-bond acceptors (Lipinski definition) is 4. The van der Waals surface area contributed by atoms with E-state index < -0.39 is 18.2 Å². The Hall–Kier alpha value is -4.20. The van der Waals surface area contributed by atoms with Crippen LogP contribution in [0.25, 0.3) is 0 Å². The van der Waals surface area contributed by atoms with Crippen molar-refractivity contribution in [3.05, 3.63) is 101 Å². The number of carbonyl (C=O) groups is 3. The molecule has 37 heavy (non-hydrogen) atoms. The van der Waals surface area contributed by atoms with Gasteiger partial charge in [-0.2, -0.15) is 0 Å². The van der Waals surface area contributed by atoms with Gasteiger partial charge >= 0.3 is 6.09 Å². The van der Waals surface area contributed by atoms with E-state index >= 15 is 0 Å². The van der Waals surface area contributed by atoms with Crippen LogP contribution in [-0.4, -0.2) is 28.8 Å². The number of ether oxygens (including phenoxy) is 1. The zero-order valence-corrected chi connectivity index (χ0v) is 21.0. The molecule has 2 N–H and O–H groups in total. The standard InChI is InChI=1S/C29H30FN3O4/c1-18(2)27(34)32-24-13-9-22(10-14-24)26-25(28(35)31-16-20-7-11-23(30)12-8-20)33(29(36)37-26)17-21-6-4-5-19(3)15-21/h4-15,18,25-26H,16-17H2,1-3H3,(H,31,35)(H,32,34). The molecule has 0 spiro atoms. The highest BCUT2D eigenvalue weighted by Gasteiger charge is 2.46. The lowest BCUT2D eigenvalue weighted by molar-refractivity contribution is -0.126. The lowest BCUT2D eigenvalue weighted by atomic mass is 10.00. The quantitative estimate of drug-likeness (QED) is 0.447. The molecular weight excluding hydrogens is 473 g/mol. The van der Waals surface area contributed by atoms with Crippen LogP contribution in [0.2, 0.25) is 0 Å². The molecule has 192 valence electrons. The molecular formula is C29H30FN3O4. The maximum absolute atomic E-state index is 13.5. The van der Waals surface area contributed by atoms with E-state index in [1.807, 2.05) is 31.2 Å². The Bertz CT molecular complexity index is 1280. The molecule has 1 fully saturated rings. The molecule has 2 atom stereocenters. The topological polar surface area (TPSA) is 87.7 Å². The second kappa shape index (κ2) is 11.2. The average molecular weight is 504 g/mol. The number of aryl methyl sites for hydroxylation is 1. The van der Waals surface area contributed by atoms with Crippen molar-refractivity contribution in [2.24, 2.45) is 5.92 Å². The molecule has 0 bridgehead atoms. The van der Waals surface area contributed by atoms with Crippen LogP contribution >= 0.6 is 0 Å². The third-order valence-electron chi connectivity index (χ3n) is 6.20. The van der Waals surface area contributed by atoms with E-state index in [-0.39, 0.29) is 36.6 Å². The summed E-state index contributed by atoms with van der Waals surface area (Å²) in [7, 11) is 0. The van der Waals surface area contributed by atoms with Crippen LogP contribution in [0.15, 0.2) is 72.8 Å². The van der Waals surface area contributed by atoms with Gasteiger partial charge in [-0.15, -0.1) is 0 Å². The zero-order valence-electron chi connectivity index (χ0n) is 21.0. The predicted molar refractivity (Wildman–Crippen MR) is 138 cm³/mol. The largest absolute Gasteiger partial charge is 0.438 e. The van der Waals surface area contributed by atoms with Crippen molar-refractivity contribution < 1.29 is 23.5 Å². The molecule has 8 heteroatoms. The SMILES string of the molecule is Cc1cccc(CN2C(=O)OC(c3ccc(NC(=O)C(C)C)cc3)C2C(=O)NCc2ccc(F)cc2)c1. The number of cyclic esters (lactones) is 1. The van der Waals surface area contributed by atoms with E-state index in [0.717, 1.165) is 16.7 Å². The Balaban J connectivity index is 1.58. The maximum Gasteiger partial charge on any atom is 0.411 e. The fourth-order valence-corrected chi connectivity index (χ4v) is 4.16. The smallest absolute Gasteiger partial charge is 0.411 e. The molecule has 1 heterocycles. The van der Waals surface area contributed by atoms with Crippen molar-refractivity contribution in [3.63, 3.8) is 0 Å². The molecule has 3 aromatic rings. The molecule has 0 saturated carbocycles. The van der Waals surface area contributed by atoms with Gasteiger partial charge in [0, 0.05) is 18.2 Å². The van der Waals surface area contributed by atoms with Gasteiger partial charge in [0.2, 0.25) is 11.8 Å². The summed E-state index contributed by atoms with van der Waals surface area (Å²) in [5.74, 6) is -1.02. The fraction of sp³-hybridized carbons (Fsp3) is 0.276. The predicted octanol–water partition coefficient (Wildman–Crippen LogP) is 5.11. The lowest BCUT2D eigenvalue weighted by Crippen LogP contribution is -2.46. The highest BCUT2D eigenvalue weighted by atomic mass is 19.1. The van der Waals surface area contributed by atoms with Gasteiger partial charge in [-0.1, -0.05) is 67.9 Å².